The second-order valence-corrected chi connectivity index (χ2v) is 6.57. The molecule has 0 radical (unpaired) electrons. The van der Waals surface area contributed by atoms with Crippen LogP contribution in [0.5, 0.6) is 0 Å². The summed E-state index contributed by atoms with van der Waals surface area (Å²) in [5, 5.41) is 14.1. The molecule has 1 heterocycles. The molecule has 2 aromatic carbocycles. The number of hydrogen-bond donors (Lipinski definition) is 1. The number of methoxy groups -OCH3 is 1. The number of benzene rings is 2. The van der Waals surface area contributed by atoms with Crippen LogP contribution in [0.25, 0.3) is 0 Å². The molecular formula is C20H21N3O5. The van der Waals surface area contributed by atoms with Crippen molar-refractivity contribution in [2.75, 3.05) is 20.2 Å². The molecule has 0 aliphatic carbocycles. The lowest BCUT2D eigenvalue weighted by Gasteiger charge is -2.29. The lowest BCUT2D eigenvalue weighted by molar-refractivity contribution is -0.384. The van der Waals surface area contributed by atoms with Crippen LogP contribution in [0.3, 0.4) is 0 Å². The average molecular weight is 383 g/mol. The number of esters is 1. The van der Waals surface area contributed by atoms with Gasteiger partial charge in [-0.05, 0) is 42.8 Å². The van der Waals surface area contributed by atoms with Crippen LogP contribution in [0.1, 0.15) is 32.7 Å². The molecule has 0 bridgehead atoms. The summed E-state index contributed by atoms with van der Waals surface area (Å²) < 4.78 is 4.70. The molecule has 1 unspecified atom stereocenters. The molecule has 1 amide bonds. The first-order chi connectivity index (χ1) is 13.5. The molecule has 28 heavy (non-hydrogen) atoms. The summed E-state index contributed by atoms with van der Waals surface area (Å²) in [4.78, 5) is 36.8. The largest absolute Gasteiger partial charge is 0.465 e. The van der Waals surface area contributed by atoms with Crippen LogP contribution in [0, 0.1) is 10.1 Å². The zero-order chi connectivity index (χ0) is 20.1. The minimum atomic E-state index is -0.490. The summed E-state index contributed by atoms with van der Waals surface area (Å²) in [6.45, 7) is 1.90. The Balaban J connectivity index is 1.81. The third-order valence-electron chi connectivity index (χ3n) is 4.79. The van der Waals surface area contributed by atoms with E-state index in [1.54, 1.807) is 29.2 Å². The minimum absolute atomic E-state index is 0.0305. The van der Waals surface area contributed by atoms with Gasteiger partial charge in [0.2, 0.25) is 0 Å². The number of nitro benzene ring substituents is 1. The van der Waals surface area contributed by atoms with Crippen molar-refractivity contribution in [1.82, 2.24) is 10.2 Å². The van der Waals surface area contributed by atoms with Crippen LogP contribution in [0.4, 0.5) is 5.69 Å². The Bertz CT molecular complexity index is 858. The van der Waals surface area contributed by atoms with E-state index >= 15 is 0 Å². The summed E-state index contributed by atoms with van der Waals surface area (Å²) >= 11 is 0. The summed E-state index contributed by atoms with van der Waals surface area (Å²) in [5.41, 5.74) is 1.68. The van der Waals surface area contributed by atoms with Crippen molar-refractivity contribution in [2.45, 2.75) is 19.0 Å². The van der Waals surface area contributed by atoms with Gasteiger partial charge in [-0.1, -0.05) is 12.1 Å². The average Bonchev–Trinajstić information content (AvgIpc) is 3.26. The fourth-order valence-electron chi connectivity index (χ4n) is 3.22. The quantitative estimate of drug-likeness (QED) is 0.467. The highest BCUT2D eigenvalue weighted by molar-refractivity contribution is 5.94. The number of ether oxygens (including phenoxy) is 1. The fraction of sp³-hybridized carbons (Fsp3) is 0.300. The molecule has 8 nitrogen and oxygen atoms in total. The summed E-state index contributed by atoms with van der Waals surface area (Å²) in [6.07, 6.45) is 0.832. The molecule has 8 heteroatoms. The van der Waals surface area contributed by atoms with Crippen molar-refractivity contribution in [3.05, 3.63) is 75.3 Å². The number of nitro groups is 1. The molecule has 1 atom stereocenters. The highest BCUT2D eigenvalue weighted by Crippen LogP contribution is 2.20. The van der Waals surface area contributed by atoms with Crippen LogP contribution in [-0.4, -0.2) is 47.9 Å². The van der Waals surface area contributed by atoms with Gasteiger partial charge in [0.15, 0.2) is 0 Å². The second-order valence-electron chi connectivity index (χ2n) is 6.57. The molecule has 0 aromatic heterocycles. The molecule has 1 fully saturated rings. The Morgan fingerprint density at radius 1 is 1.14 bits per heavy atom. The molecule has 3 rings (SSSR count). The van der Waals surface area contributed by atoms with Gasteiger partial charge < -0.3 is 15.0 Å². The van der Waals surface area contributed by atoms with Crippen molar-refractivity contribution in [1.29, 1.82) is 0 Å². The van der Waals surface area contributed by atoms with Gasteiger partial charge in [-0.15, -0.1) is 0 Å². The Morgan fingerprint density at radius 3 is 2.32 bits per heavy atom. The van der Waals surface area contributed by atoms with E-state index in [4.69, 9.17) is 4.74 Å². The minimum Gasteiger partial charge on any atom is -0.465 e. The van der Waals surface area contributed by atoms with E-state index < -0.39 is 10.9 Å². The molecule has 1 aliphatic heterocycles. The number of carbonyl (C=O) groups is 2. The van der Waals surface area contributed by atoms with E-state index in [1.807, 2.05) is 0 Å². The topological polar surface area (TPSA) is 102 Å². The first kappa shape index (κ1) is 19.5. The van der Waals surface area contributed by atoms with Gasteiger partial charge in [0.1, 0.15) is 0 Å². The van der Waals surface area contributed by atoms with Crippen LogP contribution in [-0.2, 0) is 11.3 Å². The van der Waals surface area contributed by atoms with Crippen molar-refractivity contribution >= 4 is 17.6 Å². The van der Waals surface area contributed by atoms with E-state index in [0.717, 1.165) is 18.5 Å². The third-order valence-corrected chi connectivity index (χ3v) is 4.79. The van der Waals surface area contributed by atoms with Gasteiger partial charge in [0.25, 0.3) is 11.6 Å². The predicted octanol–water partition coefficient (Wildman–Crippen LogP) is 2.39. The van der Waals surface area contributed by atoms with Gasteiger partial charge in [0, 0.05) is 36.8 Å². The van der Waals surface area contributed by atoms with Gasteiger partial charge in [-0.2, -0.15) is 0 Å². The molecule has 0 saturated carbocycles. The molecule has 146 valence electrons. The fourth-order valence-corrected chi connectivity index (χ4v) is 3.22. The molecule has 1 aliphatic rings. The van der Waals surface area contributed by atoms with Gasteiger partial charge >= 0.3 is 5.97 Å². The Hall–Kier alpha value is -3.26. The first-order valence-electron chi connectivity index (χ1n) is 8.93. The van der Waals surface area contributed by atoms with Crippen molar-refractivity contribution in [2.24, 2.45) is 0 Å². The lowest BCUT2D eigenvalue weighted by atomic mass is 10.1. The molecule has 1 saturated heterocycles. The van der Waals surface area contributed by atoms with E-state index in [0.29, 0.717) is 24.2 Å². The summed E-state index contributed by atoms with van der Waals surface area (Å²) in [7, 11) is 1.33. The number of nitrogens with one attached hydrogen (secondary N) is 1. The van der Waals surface area contributed by atoms with Crippen molar-refractivity contribution in [3.8, 4) is 0 Å². The maximum absolute atomic E-state index is 13.1. The number of hydrogen-bond acceptors (Lipinski definition) is 6. The zero-order valence-electron chi connectivity index (χ0n) is 15.5. The Labute approximate surface area is 162 Å². The maximum Gasteiger partial charge on any atom is 0.337 e. The van der Waals surface area contributed by atoms with Crippen molar-refractivity contribution in [3.63, 3.8) is 0 Å². The standard InChI is InChI=1S/C20H21N3O5/c1-28-20(25)16-4-2-14(3-5-16)13-22(18-10-11-21-12-18)19(24)15-6-8-17(9-7-15)23(26)27/h2-9,18,21H,10-13H2,1H3. The summed E-state index contributed by atoms with van der Waals surface area (Å²) in [6, 6.07) is 12.6. The number of non-ortho nitro benzene ring substituents is 1. The van der Waals surface area contributed by atoms with E-state index in [-0.39, 0.29) is 17.6 Å². The smallest absolute Gasteiger partial charge is 0.337 e. The zero-order valence-corrected chi connectivity index (χ0v) is 15.5. The number of nitrogens with zero attached hydrogens (tertiary/aromatic N) is 2. The number of carbonyl (C=O) groups excluding carboxylic acids is 2. The van der Waals surface area contributed by atoms with E-state index in [9.17, 15) is 19.7 Å². The monoisotopic (exact) mass is 383 g/mol. The van der Waals surface area contributed by atoms with Crippen molar-refractivity contribution < 1.29 is 19.2 Å². The first-order valence-corrected chi connectivity index (χ1v) is 8.93. The highest BCUT2D eigenvalue weighted by Gasteiger charge is 2.27. The number of amides is 1. The van der Waals surface area contributed by atoms with Gasteiger partial charge in [-0.25, -0.2) is 4.79 Å². The molecule has 2 aromatic rings. The SMILES string of the molecule is COC(=O)c1ccc(CN(C(=O)c2ccc([N+](=O)[O-])cc2)C2CCNC2)cc1. The second kappa shape index (κ2) is 8.62. The maximum atomic E-state index is 13.1. The van der Waals surface area contributed by atoms with Gasteiger partial charge in [-0.3, -0.25) is 14.9 Å². The lowest BCUT2D eigenvalue weighted by Crippen LogP contribution is -2.41. The van der Waals surface area contributed by atoms with Gasteiger partial charge in [0.05, 0.1) is 17.6 Å². The Morgan fingerprint density at radius 2 is 1.79 bits per heavy atom. The third kappa shape index (κ3) is 4.34. The number of rotatable bonds is 6. The molecule has 0 spiro atoms. The molecule has 1 N–H and O–H groups in total. The summed E-state index contributed by atoms with van der Waals surface area (Å²) in [5.74, 6) is -0.592. The van der Waals surface area contributed by atoms with Crippen LogP contribution in [0.2, 0.25) is 0 Å². The van der Waals surface area contributed by atoms with Crippen LogP contribution < -0.4 is 5.32 Å². The van der Waals surface area contributed by atoms with E-state index in [1.165, 1.54) is 31.4 Å². The van der Waals surface area contributed by atoms with Crippen LogP contribution >= 0.6 is 0 Å². The Kier molecular flexibility index (Phi) is 6.00. The normalized spacial score (nSPS) is 15.8. The predicted molar refractivity (Wildman–Crippen MR) is 102 cm³/mol. The molecular weight excluding hydrogens is 362 g/mol. The highest BCUT2D eigenvalue weighted by atomic mass is 16.6. The van der Waals surface area contributed by atoms with Crippen LogP contribution in [0.15, 0.2) is 48.5 Å². The van der Waals surface area contributed by atoms with E-state index in [2.05, 4.69) is 5.32 Å².